The van der Waals surface area contributed by atoms with Crippen LogP contribution in [-0.2, 0) is 9.59 Å². The zero-order valence-corrected chi connectivity index (χ0v) is 13.2. The third kappa shape index (κ3) is 2.73. The molecule has 6 nitrogen and oxygen atoms in total. The molecule has 0 aliphatic heterocycles. The van der Waals surface area contributed by atoms with E-state index in [9.17, 15) is 14.7 Å². The number of methoxy groups -OCH3 is 2. The molecule has 23 heavy (non-hydrogen) atoms. The van der Waals surface area contributed by atoms with Crippen LogP contribution in [0.2, 0.25) is 0 Å². The lowest BCUT2D eigenvalue weighted by molar-refractivity contribution is -0.314. The summed E-state index contributed by atoms with van der Waals surface area (Å²) >= 11 is 0. The Hall–Kier alpha value is -2.24. The maximum Gasteiger partial charge on any atom is 0.228 e. The van der Waals surface area contributed by atoms with Crippen molar-refractivity contribution in [3.8, 4) is 11.5 Å². The van der Waals surface area contributed by atoms with E-state index in [1.807, 2.05) is 0 Å². The van der Waals surface area contributed by atoms with Crippen LogP contribution in [0.15, 0.2) is 18.2 Å². The van der Waals surface area contributed by atoms with Gasteiger partial charge in [0.05, 0.1) is 19.9 Å². The number of carboxylic acids is 1. The highest BCUT2D eigenvalue weighted by Crippen LogP contribution is 2.52. The van der Waals surface area contributed by atoms with Gasteiger partial charge in [-0.2, -0.15) is 0 Å². The molecule has 0 radical (unpaired) electrons. The molecule has 2 aliphatic carbocycles. The number of fused-ring (bicyclic) bond motifs is 2. The van der Waals surface area contributed by atoms with E-state index in [0.717, 1.165) is 19.3 Å². The second-order valence-electron chi connectivity index (χ2n) is 6.26. The van der Waals surface area contributed by atoms with E-state index >= 15 is 0 Å². The number of hydrogen-bond donors (Lipinski definition) is 1. The maximum atomic E-state index is 12.7. The van der Waals surface area contributed by atoms with E-state index in [2.05, 4.69) is 5.32 Å². The number of hydrogen-bond acceptors (Lipinski definition) is 5. The number of anilines is 1. The summed E-state index contributed by atoms with van der Waals surface area (Å²) in [5.74, 6) is -1.34. The van der Waals surface area contributed by atoms with Crippen LogP contribution in [0.25, 0.3) is 0 Å². The Labute approximate surface area is 134 Å². The Morgan fingerprint density at radius 1 is 1.13 bits per heavy atom. The van der Waals surface area contributed by atoms with Gasteiger partial charge in [-0.05, 0) is 43.2 Å². The van der Waals surface area contributed by atoms with Gasteiger partial charge in [0, 0.05) is 23.9 Å². The Morgan fingerprint density at radius 2 is 1.83 bits per heavy atom. The van der Waals surface area contributed by atoms with Crippen LogP contribution in [0.5, 0.6) is 11.5 Å². The number of ether oxygens (including phenoxy) is 2. The standard InChI is InChI=1S/C17H21NO5/c1-22-11-5-6-13(23-2)12(8-11)18-16(19)14-9-3-4-10(7-9)15(14)17(20)21/h5-6,8-10,14-15H,3-4,7H2,1-2H3,(H,18,19)(H,20,21)/p-1/t9-,10+,14-,15+/m1/s1. The zero-order valence-electron chi connectivity index (χ0n) is 13.2. The molecule has 0 saturated heterocycles. The molecule has 2 fully saturated rings. The highest BCUT2D eigenvalue weighted by Gasteiger charge is 2.51. The predicted molar refractivity (Wildman–Crippen MR) is 81.0 cm³/mol. The molecule has 0 aromatic heterocycles. The largest absolute Gasteiger partial charge is 0.550 e. The minimum absolute atomic E-state index is 0.0629. The number of amides is 1. The van der Waals surface area contributed by atoms with E-state index < -0.39 is 17.8 Å². The summed E-state index contributed by atoms with van der Waals surface area (Å²) in [7, 11) is 3.05. The number of aliphatic carboxylic acids is 1. The Kier molecular flexibility index (Phi) is 4.15. The lowest BCUT2D eigenvalue weighted by Crippen LogP contribution is -2.44. The van der Waals surface area contributed by atoms with Gasteiger partial charge in [0.1, 0.15) is 11.5 Å². The van der Waals surface area contributed by atoms with Crippen LogP contribution in [-0.4, -0.2) is 26.1 Å². The van der Waals surface area contributed by atoms with E-state index in [0.29, 0.717) is 17.2 Å². The molecule has 2 bridgehead atoms. The zero-order chi connectivity index (χ0) is 16.6. The molecular weight excluding hydrogens is 298 g/mol. The van der Waals surface area contributed by atoms with Gasteiger partial charge in [-0.1, -0.05) is 0 Å². The monoisotopic (exact) mass is 318 g/mol. The molecule has 2 saturated carbocycles. The van der Waals surface area contributed by atoms with Crippen molar-refractivity contribution in [1.29, 1.82) is 0 Å². The minimum Gasteiger partial charge on any atom is -0.550 e. The van der Waals surface area contributed by atoms with Gasteiger partial charge >= 0.3 is 0 Å². The number of carbonyl (C=O) groups excluding carboxylic acids is 2. The van der Waals surface area contributed by atoms with Gasteiger partial charge in [-0.15, -0.1) is 0 Å². The third-order valence-corrected chi connectivity index (χ3v) is 5.16. The molecule has 2 aliphatic rings. The summed E-state index contributed by atoms with van der Waals surface area (Å²) in [5, 5.41) is 14.3. The van der Waals surface area contributed by atoms with E-state index in [4.69, 9.17) is 9.47 Å². The van der Waals surface area contributed by atoms with Crippen LogP contribution >= 0.6 is 0 Å². The van der Waals surface area contributed by atoms with Gasteiger partial charge in [-0.3, -0.25) is 4.79 Å². The van der Waals surface area contributed by atoms with E-state index in [1.54, 1.807) is 18.2 Å². The maximum absolute atomic E-state index is 12.7. The molecule has 0 unspecified atom stereocenters. The molecule has 3 rings (SSSR count). The predicted octanol–water partition coefficient (Wildman–Crippen LogP) is 1.05. The van der Waals surface area contributed by atoms with Crippen molar-refractivity contribution in [2.75, 3.05) is 19.5 Å². The molecule has 1 aromatic rings. The molecule has 0 spiro atoms. The number of benzene rings is 1. The number of nitrogens with one attached hydrogen (secondary N) is 1. The van der Waals surface area contributed by atoms with Crippen LogP contribution in [0.4, 0.5) is 5.69 Å². The summed E-state index contributed by atoms with van der Waals surface area (Å²) in [6.45, 7) is 0. The smallest absolute Gasteiger partial charge is 0.228 e. The van der Waals surface area contributed by atoms with Crippen molar-refractivity contribution in [2.45, 2.75) is 19.3 Å². The normalized spacial score (nSPS) is 28.4. The fourth-order valence-electron chi connectivity index (χ4n) is 4.14. The highest BCUT2D eigenvalue weighted by molar-refractivity contribution is 5.97. The van der Waals surface area contributed by atoms with Gasteiger partial charge in [0.2, 0.25) is 5.91 Å². The van der Waals surface area contributed by atoms with Crippen molar-refractivity contribution in [3.05, 3.63) is 18.2 Å². The number of carbonyl (C=O) groups is 2. The molecule has 1 N–H and O–H groups in total. The SMILES string of the molecule is COc1ccc(OC)c(NC(=O)[C@@H]2[C@@H]3CC[C@@H](C3)[C@@H]2C(=O)[O-])c1. The first-order chi connectivity index (χ1) is 11.0. The topological polar surface area (TPSA) is 87.7 Å². The lowest BCUT2D eigenvalue weighted by Gasteiger charge is -2.30. The highest BCUT2D eigenvalue weighted by atomic mass is 16.5. The fourth-order valence-corrected chi connectivity index (χ4v) is 4.14. The molecule has 6 heteroatoms. The number of rotatable bonds is 5. The average molecular weight is 318 g/mol. The first-order valence-electron chi connectivity index (χ1n) is 7.79. The molecular formula is C17H20NO5-. The van der Waals surface area contributed by atoms with E-state index in [1.165, 1.54) is 14.2 Å². The molecule has 124 valence electrons. The minimum atomic E-state index is -1.12. The van der Waals surface area contributed by atoms with Gasteiger partial charge < -0.3 is 24.7 Å². The summed E-state index contributed by atoms with van der Waals surface area (Å²) in [6.07, 6.45) is 2.57. The Balaban J connectivity index is 1.83. The fraction of sp³-hybridized carbons (Fsp3) is 0.529. The van der Waals surface area contributed by atoms with Crippen LogP contribution in [0.1, 0.15) is 19.3 Å². The van der Waals surface area contributed by atoms with Crippen molar-refractivity contribution in [2.24, 2.45) is 23.7 Å². The van der Waals surface area contributed by atoms with E-state index in [-0.39, 0.29) is 17.7 Å². The molecule has 1 amide bonds. The molecule has 1 aromatic carbocycles. The second-order valence-corrected chi connectivity index (χ2v) is 6.26. The number of carboxylic acid groups (broad SMARTS) is 1. The Bertz CT molecular complexity index is 629. The molecule has 4 atom stereocenters. The lowest BCUT2D eigenvalue weighted by atomic mass is 9.78. The summed E-state index contributed by atoms with van der Waals surface area (Å²) in [4.78, 5) is 24.1. The van der Waals surface area contributed by atoms with Crippen molar-refractivity contribution in [3.63, 3.8) is 0 Å². The van der Waals surface area contributed by atoms with Crippen molar-refractivity contribution in [1.82, 2.24) is 0 Å². The Morgan fingerprint density at radius 3 is 2.43 bits per heavy atom. The van der Waals surface area contributed by atoms with Crippen LogP contribution in [0, 0.1) is 23.7 Å². The van der Waals surface area contributed by atoms with Crippen molar-refractivity contribution < 1.29 is 24.2 Å². The molecule has 0 heterocycles. The summed E-state index contributed by atoms with van der Waals surface area (Å²) in [5.41, 5.74) is 0.483. The van der Waals surface area contributed by atoms with Gasteiger partial charge in [-0.25, -0.2) is 0 Å². The quantitative estimate of drug-likeness (QED) is 0.877. The first kappa shape index (κ1) is 15.6. The van der Waals surface area contributed by atoms with Crippen LogP contribution in [0.3, 0.4) is 0 Å². The summed E-state index contributed by atoms with van der Waals surface area (Å²) in [6, 6.07) is 5.10. The first-order valence-corrected chi connectivity index (χ1v) is 7.79. The third-order valence-electron chi connectivity index (χ3n) is 5.16. The average Bonchev–Trinajstić information content (AvgIpc) is 3.15. The van der Waals surface area contributed by atoms with Crippen molar-refractivity contribution >= 4 is 17.6 Å². The summed E-state index contributed by atoms with van der Waals surface area (Å²) < 4.78 is 10.4. The van der Waals surface area contributed by atoms with Gasteiger partial charge in [0.15, 0.2) is 0 Å². The van der Waals surface area contributed by atoms with Crippen LogP contribution < -0.4 is 19.9 Å². The second kappa shape index (κ2) is 6.10. The van der Waals surface area contributed by atoms with Gasteiger partial charge in [0.25, 0.3) is 0 Å².